The summed E-state index contributed by atoms with van der Waals surface area (Å²) in [5.41, 5.74) is 0. The van der Waals surface area contributed by atoms with Crippen LogP contribution in [0.25, 0.3) is 0 Å². The van der Waals surface area contributed by atoms with Crippen LogP contribution in [0, 0.1) is 17.8 Å². The van der Waals surface area contributed by atoms with E-state index in [0.717, 1.165) is 6.42 Å². The number of ketones is 2. The van der Waals surface area contributed by atoms with Crippen LogP contribution >= 0.6 is 0 Å². The highest BCUT2D eigenvalue weighted by Gasteiger charge is 2.38. The lowest BCUT2D eigenvalue weighted by Gasteiger charge is -2.29. The highest BCUT2D eigenvalue weighted by Crippen LogP contribution is 2.32. The summed E-state index contributed by atoms with van der Waals surface area (Å²) in [5, 5.41) is 0. The Labute approximate surface area is 102 Å². The summed E-state index contributed by atoms with van der Waals surface area (Å²) in [5.74, 6) is -1.63. The Morgan fingerprint density at radius 2 is 2.06 bits per heavy atom. The fraction of sp³-hybridized carbons (Fsp3) is 0.769. The molecule has 0 aromatic heterocycles. The number of hydrogen-bond acceptors (Lipinski definition) is 4. The molecule has 2 atom stereocenters. The largest absolute Gasteiger partial charge is 0.460 e. The molecule has 0 amide bonds. The van der Waals surface area contributed by atoms with Crippen LogP contribution in [0.15, 0.2) is 0 Å². The zero-order valence-corrected chi connectivity index (χ0v) is 10.7. The maximum absolute atomic E-state index is 11.8. The summed E-state index contributed by atoms with van der Waals surface area (Å²) in [6.07, 6.45) is 1.72. The van der Waals surface area contributed by atoms with Crippen LogP contribution in [0.3, 0.4) is 0 Å². The van der Waals surface area contributed by atoms with Crippen molar-refractivity contribution in [1.29, 1.82) is 0 Å². The van der Waals surface area contributed by atoms with Gasteiger partial charge in [-0.2, -0.15) is 0 Å². The molecule has 0 aromatic rings. The normalized spacial score (nSPS) is 24.8. The summed E-state index contributed by atoms with van der Waals surface area (Å²) < 4.78 is 4.66. The van der Waals surface area contributed by atoms with Crippen molar-refractivity contribution in [2.24, 2.45) is 17.8 Å². The molecule has 0 N–H and O–H groups in total. The summed E-state index contributed by atoms with van der Waals surface area (Å²) in [6, 6.07) is 0. The Bertz CT molecular complexity index is 319. The van der Waals surface area contributed by atoms with Gasteiger partial charge in [-0.1, -0.05) is 13.8 Å². The molecule has 1 aliphatic rings. The van der Waals surface area contributed by atoms with E-state index in [9.17, 15) is 14.4 Å². The van der Waals surface area contributed by atoms with Crippen molar-refractivity contribution < 1.29 is 19.1 Å². The van der Waals surface area contributed by atoms with Crippen molar-refractivity contribution in [1.82, 2.24) is 0 Å². The fourth-order valence-corrected chi connectivity index (χ4v) is 2.26. The molecule has 0 spiro atoms. The van der Waals surface area contributed by atoms with E-state index in [1.807, 2.05) is 0 Å². The predicted octanol–water partition coefficient (Wildman–Crippen LogP) is 1.76. The average molecular weight is 240 g/mol. The standard InChI is InChI=1S/C13H20O4/c1-4-17-13(16)12(15)10-7-9(8(2)3)5-6-11(10)14/h8-10H,4-7H2,1-3H3. The first-order valence-electron chi connectivity index (χ1n) is 6.21. The Kier molecular flexibility index (Phi) is 4.85. The molecule has 17 heavy (non-hydrogen) atoms. The van der Waals surface area contributed by atoms with E-state index in [-0.39, 0.29) is 12.4 Å². The number of carbonyl (C=O) groups is 3. The third-order valence-electron chi connectivity index (χ3n) is 3.42. The predicted molar refractivity (Wildman–Crippen MR) is 62.3 cm³/mol. The first-order valence-corrected chi connectivity index (χ1v) is 6.21. The van der Waals surface area contributed by atoms with Crippen LogP contribution in [0.5, 0.6) is 0 Å². The number of ether oxygens (including phenoxy) is 1. The average Bonchev–Trinajstić information content (AvgIpc) is 2.28. The van der Waals surface area contributed by atoms with Gasteiger partial charge < -0.3 is 4.74 Å². The van der Waals surface area contributed by atoms with Gasteiger partial charge in [-0.05, 0) is 31.6 Å². The van der Waals surface area contributed by atoms with Gasteiger partial charge >= 0.3 is 5.97 Å². The van der Waals surface area contributed by atoms with E-state index in [2.05, 4.69) is 18.6 Å². The maximum Gasteiger partial charge on any atom is 0.375 e. The van der Waals surface area contributed by atoms with Crippen molar-refractivity contribution in [3.8, 4) is 0 Å². The molecule has 0 aromatic carbocycles. The van der Waals surface area contributed by atoms with E-state index in [0.29, 0.717) is 24.7 Å². The van der Waals surface area contributed by atoms with Gasteiger partial charge in [-0.15, -0.1) is 0 Å². The van der Waals surface area contributed by atoms with E-state index < -0.39 is 17.7 Å². The minimum absolute atomic E-state index is 0.111. The minimum atomic E-state index is -0.866. The molecular formula is C13H20O4. The van der Waals surface area contributed by atoms with E-state index in [1.54, 1.807) is 6.92 Å². The third-order valence-corrected chi connectivity index (χ3v) is 3.42. The van der Waals surface area contributed by atoms with Gasteiger partial charge in [0.25, 0.3) is 0 Å². The minimum Gasteiger partial charge on any atom is -0.460 e. The van der Waals surface area contributed by atoms with Crippen molar-refractivity contribution in [2.75, 3.05) is 6.61 Å². The van der Waals surface area contributed by atoms with E-state index in [4.69, 9.17) is 0 Å². The van der Waals surface area contributed by atoms with Crippen LogP contribution in [0.1, 0.15) is 40.0 Å². The van der Waals surface area contributed by atoms with Gasteiger partial charge in [0.15, 0.2) is 0 Å². The molecule has 0 bridgehead atoms. The fourth-order valence-electron chi connectivity index (χ4n) is 2.26. The molecule has 4 nitrogen and oxygen atoms in total. The van der Waals surface area contributed by atoms with Crippen molar-refractivity contribution >= 4 is 17.5 Å². The Morgan fingerprint density at radius 1 is 1.41 bits per heavy atom. The van der Waals surface area contributed by atoms with Gasteiger partial charge in [-0.25, -0.2) is 4.79 Å². The van der Waals surface area contributed by atoms with Gasteiger partial charge in [-0.3, -0.25) is 9.59 Å². The molecule has 1 rings (SSSR count). The van der Waals surface area contributed by atoms with Gasteiger partial charge in [0.05, 0.1) is 12.5 Å². The zero-order valence-electron chi connectivity index (χ0n) is 10.7. The van der Waals surface area contributed by atoms with Crippen LogP contribution in [0.2, 0.25) is 0 Å². The number of hydrogen-bond donors (Lipinski definition) is 0. The van der Waals surface area contributed by atoms with Gasteiger partial charge in [0, 0.05) is 6.42 Å². The molecule has 1 fully saturated rings. The summed E-state index contributed by atoms with van der Waals surface area (Å²) >= 11 is 0. The molecule has 0 radical (unpaired) electrons. The van der Waals surface area contributed by atoms with Crippen molar-refractivity contribution in [3.63, 3.8) is 0 Å². The summed E-state index contributed by atoms with van der Waals surface area (Å²) in [7, 11) is 0. The number of Topliss-reactive ketones (excluding diaryl/α,β-unsaturated/α-hetero) is 2. The summed E-state index contributed by atoms with van der Waals surface area (Å²) in [4.78, 5) is 34.8. The molecule has 2 unspecified atom stereocenters. The first kappa shape index (κ1) is 13.9. The van der Waals surface area contributed by atoms with Crippen molar-refractivity contribution in [2.45, 2.75) is 40.0 Å². The Balaban J connectivity index is 2.70. The molecule has 1 aliphatic carbocycles. The Hall–Kier alpha value is -1.19. The highest BCUT2D eigenvalue weighted by molar-refractivity contribution is 6.38. The molecular weight excluding hydrogens is 220 g/mol. The lowest BCUT2D eigenvalue weighted by molar-refractivity contribution is -0.157. The van der Waals surface area contributed by atoms with Crippen LogP contribution in [0.4, 0.5) is 0 Å². The van der Waals surface area contributed by atoms with Crippen LogP contribution < -0.4 is 0 Å². The molecule has 0 aliphatic heterocycles. The van der Waals surface area contributed by atoms with Gasteiger partial charge in [0.2, 0.25) is 5.78 Å². The van der Waals surface area contributed by atoms with Crippen LogP contribution in [-0.4, -0.2) is 24.1 Å². The number of rotatable bonds is 4. The second kappa shape index (κ2) is 5.94. The molecule has 1 saturated carbocycles. The monoisotopic (exact) mass is 240 g/mol. The second-order valence-corrected chi connectivity index (χ2v) is 4.88. The lowest BCUT2D eigenvalue weighted by Crippen LogP contribution is -2.37. The number of esters is 1. The highest BCUT2D eigenvalue weighted by atomic mass is 16.5. The first-order chi connectivity index (χ1) is 7.97. The molecule has 4 heteroatoms. The van der Waals surface area contributed by atoms with Crippen LogP contribution in [-0.2, 0) is 19.1 Å². The third kappa shape index (κ3) is 3.38. The lowest BCUT2D eigenvalue weighted by atomic mass is 9.74. The maximum atomic E-state index is 11.8. The summed E-state index contributed by atoms with van der Waals surface area (Å²) in [6.45, 7) is 5.96. The van der Waals surface area contributed by atoms with Gasteiger partial charge in [0.1, 0.15) is 5.78 Å². The SMILES string of the molecule is CCOC(=O)C(=O)C1CC(C(C)C)CCC1=O. The number of carbonyl (C=O) groups excluding carboxylic acids is 3. The zero-order chi connectivity index (χ0) is 13.0. The topological polar surface area (TPSA) is 60.4 Å². The smallest absolute Gasteiger partial charge is 0.375 e. The van der Waals surface area contributed by atoms with E-state index >= 15 is 0 Å². The quantitative estimate of drug-likeness (QED) is 0.427. The molecule has 0 heterocycles. The Morgan fingerprint density at radius 3 is 2.59 bits per heavy atom. The van der Waals surface area contributed by atoms with E-state index in [1.165, 1.54) is 0 Å². The molecule has 96 valence electrons. The second-order valence-electron chi connectivity index (χ2n) is 4.88. The van der Waals surface area contributed by atoms with Crippen molar-refractivity contribution in [3.05, 3.63) is 0 Å². The molecule has 0 saturated heterocycles.